The highest BCUT2D eigenvalue weighted by atomic mass is 19.1. The van der Waals surface area contributed by atoms with Crippen LogP contribution in [0.25, 0.3) is 21.9 Å². The van der Waals surface area contributed by atoms with Crippen LogP contribution in [0.2, 0.25) is 0 Å². The molecule has 13 heteroatoms. The molecule has 2 amide bonds. The first kappa shape index (κ1) is 30.6. The van der Waals surface area contributed by atoms with Gasteiger partial charge >= 0.3 is 18.2 Å². The molecule has 4 aromatic rings. The van der Waals surface area contributed by atoms with Crippen LogP contribution in [-0.4, -0.2) is 52.0 Å². The van der Waals surface area contributed by atoms with Crippen molar-refractivity contribution in [3.8, 4) is 17.0 Å². The van der Waals surface area contributed by atoms with Gasteiger partial charge in [0, 0.05) is 40.2 Å². The Morgan fingerprint density at radius 2 is 1.85 bits per heavy atom. The summed E-state index contributed by atoms with van der Waals surface area (Å²) in [5.74, 6) is -0.705. The molecular weight excluding hydrogens is 597 g/mol. The Balaban J connectivity index is 1.47. The zero-order valence-corrected chi connectivity index (χ0v) is 26.1. The number of ether oxygens (including phenoxy) is 3. The highest BCUT2D eigenvalue weighted by Gasteiger charge is 2.37. The number of carbonyl (C=O) groups excluding carboxylic acids is 2. The Bertz CT molecular complexity index is 1950. The molecule has 6 rings (SSSR count). The fourth-order valence-corrected chi connectivity index (χ4v) is 5.67. The highest BCUT2D eigenvalue weighted by molar-refractivity contribution is 6.04. The quantitative estimate of drug-likeness (QED) is 0.199. The van der Waals surface area contributed by atoms with Crippen molar-refractivity contribution < 1.29 is 38.1 Å². The van der Waals surface area contributed by atoms with Gasteiger partial charge < -0.3 is 24.6 Å². The second kappa shape index (κ2) is 10.9. The first-order chi connectivity index (χ1) is 21.6. The summed E-state index contributed by atoms with van der Waals surface area (Å²) < 4.78 is 32.9. The Morgan fingerprint density at radius 3 is 2.57 bits per heavy atom. The molecule has 4 heterocycles. The second-order valence-corrected chi connectivity index (χ2v) is 12.5. The predicted molar refractivity (Wildman–Crippen MR) is 169 cm³/mol. The third-order valence-electron chi connectivity index (χ3n) is 7.71. The minimum Gasteiger partial charge on any atom is -0.474 e. The lowest BCUT2D eigenvalue weighted by Crippen LogP contribution is -2.37. The van der Waals surface area contributed by atoms with Gasteiger partial charge in [-0.3, -0.25) is 10.2 Å². The molecule has 0 radical (unpaired) electrons. The van der Waals surface area contributed by atoms with Crippen LogP contribution >= 0.6 is 0 Å². The number of carboxylic acid groups (broad SMARTS) is 1. The standard InChI is InChI=1S/C33H32FN5O7/c1-16-21(14-36-28-27(16)39(31(42)43)9-10-44-28)19-11-17-12-24(37-18-7-8-23-20(13-18)29(40)45-33(23,5)6)35-15-22(17)26(25(19)34)38-30(41)46-32(2,3)4/h7-8,11-15H,9-10H2,1-6H3,(H,35,37)(H,38,41)(H,42,43). The number of aromatic nitrogens is 2. The van der Waals surface area contributed by atoms with E-state index in [0.29, 0.717) is 33.6 Å². The fourth-order valence-electron chi connectivity index (χ4n) is 5.67. The Kier molecular flexibility index (Phi) is 7.21. The summed E-state index contributed by atoms with van der Waals surface area (Å²) in [4.78, 5) is 47.2. The van der Waals surface area contributed by atoms with Gasteiger partial charge in [0.15, 0.2) is 5.82 Å². The van der Waals surface area contributed by atoms with E-state index in [-0.39, 0.29) is 41.4 Å². The summed E-state index contributed by atoms with van der Waals surface area (Å²) in [6.45, 7) is 10.6. The molecule has 2 aromatic carbocycles. The van der Waals surface area contributed by atoms with Crippen molar-refractivity contribution in [3.63, 3.8) is 0 Å². The summed E-state index contributed by atoms with van der Waals surface area (Å²) in [6.07, 6.45) is 0.765. The smallest absolute Gasteiger partial charge is 0.412 e. The minimum absolute atomic E-state index is 0.0573. The number of hydrogen-bond donors (Lipinski definition) is 3. The number of carbonyl (C=O) groups is 3. The average molecular weight is 630 g/mol. The maximum Gasteiger partial charge on any atom is 0.412 e. The molecule has 238 valence electrons. The van der Waals surface area contributed by atoms with Crippen LogP contribution in [0, 0.1) is 12.7 Å². The van der Waals surface area contributed by atoms with Gasteiger partial charge in [0.25, 0.3) is 0 Å². The van der Waals surface area contributed by atoms with Crippen molar-refractivity contribution in [1.29, 1.82) is 0 Å². The molecule has 12 nitrogen and oxygen atoms in total. The zero-order chi connectivity index (χ0) is 33.1. The number of rotatable bonds is 4. The largest absolute Gasteiger partial charge is 0.474 e. The number of cyclic esters (lactones) is 1. The molecule has 2 aliphatic rings. The second-order valence-electron chi connectivity index (χ2n) is 12.5. The Labute approximate surface area is 263 Å². The lowest BCUT2D eigenvalue weighted by molar-refractivity contribution is 0.00951. The van der Waals surface area contributed by atoms with E-state index >= 15 is 4.39 Å². The van der Waals surface area contributed by atoms with Crippen molar-refractivity contribution in [2.45, 2.75) is 52.7 Å². The number of benzene rings is 2. The molecule has 46 heavy (non-hydrogen) atoms. The molecule has 0 fully saturated rings. The zero-order valence-electron chi connectivity index (χ0n) is 26.1. The molecule has 0 bridgehead atoms. The summed E-state index contributed by atoms with van der Waals surface area (Å²) in [6, 6.07) is 8.55. The lowest BCUT2D eigenvalue weighted by Gasteiger charge is -2.29. The topological polar surface area (TPSA) is 152 Å². The molecule has 0 atom stereocenters. The third kappa shape index (κ3) is 5.48. The van der Waals surface area contributed by atoms with Gasteiger partial charge in [0.1, 0.15) is 29.3 Å². The van der Waals surface area contributed by atoms with Crippen LogP contribution in [0.5, 0.6) is 5.88 Å². The maximum atomic E-state index is 16.5. The molecule has 2 aromatic heterocycles. The van der Waals surface area contributed by atoms with E-state index < -0.39 is 35.2 Å². The fraction of sp³-hybridized carbons (Fsp3) is 0.303. The van der Waals surface area contributed by atoms with Crippen LogP contribution in [0.15, 0.2) is 42.7 Å². The lowest BCUT2D eigenvalue weighted by atomic mass is 9.95. The average Bonchev–Trinajstić information content (AvgIpc) is 3.20. The van der Waals surface area contributed by atoms with Crippen molar-refractivity contribution in [2.75, 3.05) is 28.7 Å². The molecule has 0 aliphatic carbocycles. The van der Waals surface area contributed by atoms with Crippen molar-refractivity contribution in [3.05, 3.63) is 65.2 Å². The Hall–Kier alpha value is -5.46. The number of fused-ring (bicyclic) bond motifs is 3. The summed E-state index contributed by atoms with van der Waals surface area (Å²) in [7, 11) is 0. The molecule has 3 N–H and O–H groups in total. The monoisotopic (exact) mass is 629 g/mol. The number of pyridine rings is 2. The number of anilines is 4. The van der Waals surface area contributed by atoms with Crippen LogP contribution in [-0.2, 0) is 15.1 Å². The minimum atomic E-state index is -1.19. The van der Waals surface area contributed by atoms with E-state index in [1.54, 1.807) is 52.0 Å². The van der Waals surface area contributed by atoms with Gasteiger partial charge in [0.05, 0.1) is 17.8 Å². The summed E-state index contributed by atoms with van der Waals surface area (Å²) in [5.41, 5.74) is 1.04. The van der Waals surface area contributed by atoms with Crippen LogP contribution in [0.3, 0.4) is 0 Å². The van der Waals surface area contributed by atoms with E-state index in [9.17, 15) is 19.5 Å². The summed E-state index contributed by atoms with van der Waals surface area (Å²) in [5, 5.41) is 16.3. The van der Waals surface area contributed by atoms with Crippen molar-refractivity contribution >= 4 is 51.8 Å². The number of nitrogens with zero attached hydrogens (tertiary/aromatic N) is 3. The van der Waals surface area contributed by atoms with Crippen LogP contribution < -0.4 is 20.3 Å². The van der Waals surface area contributed by atoms with Gasteiger partial charge in [-0.05, 0) is 76.8 Å². The third-order valence-corrected chi connectivity index (χ3v) is 7.71. The summed E-state index contributed by atoms with van der Waals surface area (Å²) >= 11 is 0. The first-order valence-corrected chi connectivity index (χ1v) is 14.5. The number of amides is 2. The SMILES string of the molecule is Cc1c(-c2cc3cc(Nc4ccc5c(c4)C(=O)OC5(C)C)ncc3c(NC(=O)OC(C)(C)C)c2F)cnc2c1N(C(=O)O)CCO2. The Morgan fingerprint density at radius 1 is 1.09 bits per heavy atom. The number of hydrogen-bond acceptors (Lipinski definition) is 9. The van der Waals surface area contributed by atoms with Crippen molar-refractivity contribution in [2.24, 2.45) is 0 Å². The molecule has 0 unspecified atom stereocenters. The molecule has 0 saturated carbocycles. The van der Waals surface area contributed by atoms with Gasteiger partial charge in [0.2, 0.25) is 5.88 Å². The van der Waals surface area contributed by atoms with Crippen LogP contribution in [0.4, 0.5) is 36.9 Å². The van der Waals surface area contributed by atoms with E-state index in [1.165, 1.54) is 12.4 Å². The van der Waals surface area contributed by atoms with Gasteiger partial charge in [-0.15, -0.1) is 0 Å². The van der Waals surface area contributed by atoms with E-state index in [0.717, 1.165) is 10.5 Å². The number of nitrogens with one attached hydrogen (secondary N) is 2. The molecule has 0 spiro atoms. The maximum absolute atomic E-state index is 16.5. The molecule has 0 saturated heterocycles. The van der Waals surface area contributed by atoms with Gasteiger partial charge in [-0.2, -0.15) is 0 Å². The molecular formula is C33H32FN5O7. The number of esters is 1. The van der Waals surface area contributed by atoms with Gasteiger partial charge in [-0.1, -0.05) is 6.07 Å². The van der Waals surface area contributed by atoms with E-state index in [1.807, 2.05) is 19.9 Å². The predicted octanol–water partition coefficient (Wildman–Crippen LogP) is 7.12. The first-order valence-electron chi connectivity index (χ1n) is 14.5. The van der Waals surface area contributed by atoms with E-state index in [4.69, 9.17) is 14.2 Å². The highest BCUT2D eigenvalue weighted by Crippen LogP contribution is 2.43. The molecule has 2 aliphatic heterocycles. The van der Waals surface area contributed by atoms with E-state index in [2.05, 4.69) is 20.6 Å². The number of halogens is 1. The van der Waals surface area contributed by atoms with Crippen LogP contribution in [0.1, 0.15) is 56.1 Å². The van der Waals surface area contributed by atoms with Crippen molar-refractivity contribution in [1.82, 2.24) is 9.97 Å². The normalized spacial score (nSPS) is 15.0. The van der Waals surface area contributed by atoms with Gasteiger partial charge in [-0.25, -0.2) is 28.7 Å².